The number of nitrogens with zero attached hydrogens (tertiary/aromatic N) is 1. The van der Waals surface area contributed by atoms with Gasteiger partial charge >= 0.3 is 0 Å². The van der Waals surface area contributed by atoms with Gasteiger partial charge in [-0.3, -0.25) is 4.39 Å². The van der Waals surface area contributed by atoms with Gasteiger partial charge in [0.1, 0.15) is 6.07 Å². The number of rotatable bonds is 2. The molecule has 1 rings (SSSR count). The van der Waals surface area contributed by atoms with Gasteiger partial charge < -0.3 is 0 Å². The summed E-state index contributed by atoms with van der Waals surface area (Å²) >= 11 is 3.27. The van der Waals surface area contributed by atoms with Crippen LogP contribution in [0.5, 0.6) is 0 Å². The molecule has 0 saturated carbocycles. The highest BCUT2D eigenvalue weighted by molar-refractivity contribution is 9.10. The summed E-state index contributed by atoms with van der Waals surface area (Å²) < 4.78 is 13.0. The summed E-state index contributed by atoms with van der Waals surface area (Å²) in [4.78, 5) is 0. The Kier molecular flexibility index (Phi) is 3.44. The molecule has 1 nitrogen and oxygen atoms in total. The van der Waals surface area contributed by atoms with E-state index in [1.165, 1.54) is 0 Å². The predicted octanol–water partition coefficient (Wildman–Crippen LogP) is 3.23. The molecule has 0 amide bonds. The highest BCUT2D eigenvalue weighted by Crippen LogP contribution is 2.27. The summed E-state index contributed by atoms with van der Waals surface area (Å²) in [5.74, 6) is 0.629. The minimum atomic E-state index is -0.493. The second-order valence-electron chi connectivity index (χ2n) is 2.69. The first-order chi connectivity index (χ1) is 6.20. The fourth-order valence-corrected chi connectivity index (χ4v) is 1.71. The molecule has 0 aliphatic carbocycles. The van der Waals surface area contributed by atoms with Gasteiger partial charge in [0, 0.05) is 10.4 Å². The summed E-state index contributed by atoms with van der Waals surface area (Å²) in [7, 11) is 0. The summed E-state index contributed by atoms with van der Waals surface area (Å²) in [6, 6.07) is 7.26. The summed E-state index contributed by atoms with van der Waals surface area (Å²) in [5, 5.41) is 8.71. The smallest absolute Gasteiger partial charge is 0.100 e. The van der Waals surface area contributed by atoms with E-state index < -0.39 is 6.67 Å². The molecule has 13 heavy (non-hydrogen) atoms. The third kappa shape index (κ3) is 2.07. The van der Waals surface area contributed by atoms with Crippen molar-refractivity contribution in [1.82, 2.24) is 0 Å². The van der Waals surface area contributed by atoms with Crippen molar-refractivity contribution in [2.45, 2.75) is 6.92 Å². The van der Waals surface area contributed by atoms with Crippen LogP contribution in [0.2, 0.25) is 0 Å². The van der Waals surface area contributed by atoms with E-state index >= 15 is 0 Å². The molecule has 0 heterocycles. The van der Waals surface area contributed by atoms with Crippen molar-refractivity contribution in [3.05, 3.63) is 39.7 Å². The van der Waals surface area contributed by atoms with Crippen LogP contribution in [0.15, 0.2) is 22.7 Å². The van der Waals surface area contributed by atoms with Crippen LogP contribution in [0.1, 0.15) is 18.1 Å². The lowest BCUT2D eigenvalue weighted by atomic mass is 10.0. The van der Waals surface area contributed by atoms with Crippen molar-refractivity contribution in [3.8, 4) is 6.07 Å². The normalized spacial score (nSPS) is 10.1. The average molecular weight is 241 g/mol. The Morgan fingerprint density at radius 1 is 1.62 bits per heavy atom. The number of alkyl halides is 1. The van der Waals surface area contributed by atoms with Crippen LogP contribution in [-0.2, 0) is 0 Å². The minimum absolute atomic E-state index is 0.493. The van der Waals surface area contributed by atoms with Gasteiger partial charge in [-0.15, -0.1) is 0 Å². The van der Waals surface area contributed by atoms with Crippen LogP contribution in [0.25, 0.3) is 0 Å². The Balaban J connectivity index is 3.17. The van der Waals surface area contributed by atoms with E-state index in [4.69, 9.17) is 5.26 Å². The third-order valence-corrected chi connectivity index (χ3v) is 2.63. The number of halogens is 2. The maximum Gasteiger partial charge on any atom is 0.100 e. The molecule has 0 bridgehead atoms. The zero-order valence-electron chi connectivity index (χ0n) is 7.14. The van der Waals surface area contributed by atoms with E-state index in [0.29, 0.717) is 16.0 Å². The standard InChI is InChI=1S/C10H8BrFN/c1-7(5-12)9-4-2-3-8(6-13)10(9)11/h2-4H,5H2,1H3. The van der Waals surface area contributed by atoms with Crippen LogP contribution >= 0.6 is 15.9 Å². The highest BCUT2D eigenvalue weighted by atomic mass is 79.9. The third-order valence-electron chi connectivity index (χ3n) is 1.78. The number of hydrogen-bond donors (Lipinski definition) is 0. The van der Waals surface area contributed by atoms with Crippen molar-refractivity contribution in [3.63, 3.8) is 0 Å². The zero-order valence-corrected chi connectivity index (χ0v) is 8.73. The second kappa shape index (κ2) is 4.38. The van der Waals surface area contributed by atoms with Crippen molar-refractivity contribution >= 4 is 15.9 Å². The summed E-state index contributed by atoms with van der Waals surface area (Å²) in [6.07, 6.45) is 0. The molecule has 0 aliphatic heterocycles. The molecule has 0 aromatic heterocycles. The molecular formula is C10H8BrFN. The number of benzene rings is 1. The van der Waals surface area contributed by atoms with E-state index in [1.807, 2.05) is 6.07 Å². The molecule has 67 valence electrons. The van der Waals surface area contributed by atoms with Gasteiger partial charge in [-0.05, 0) is 27.6 Å². The lowest BCUT2D eigenvalue weighted by Gasteiger charge is -2.09. The largest absolute Gasteiger partial charge is 0.250 e. The van der Waals surface area contributed by atoms with Crippen molar-refractivity contribution in [2.75, 3.05) is 6.67 Å². The second-order valence-corrected chi connectivity index (χ2v) is 3.49. The van der Waals surface area contributed by atoms with Gasteiger partial charge in [-0.1, -0.05) is 19.1 Å². The van der Waals surface area contributed by atoms with Gasteiger partial charge in [0.15, 0.2) is 0 Å². The zero-order chi connectivity index (χ0) is 9.84. The molecule has 0 unspecified atom stereocenters. The van der Waals surface area contributed by atoms with Crippen LogP contribution in [0.4, 0.5) is 4.39 Å². The van der Waals surface area contributed by atoms with Crippen LogP contribution < -0.4 is 0 Å². The van der Waals surface area contributed by atoms with Crippen LogP contribution in [0.3, 0.4) is 0 Å². The van der Waals surface area contributed by atoms with Gasteiger partial charge in [0.05, 0.1) is 12.2 Å². The fourth-order valence-electron chi connectivity index (χ4n) is 1.02. The molecule has 1 aromatic rings. The maximum atomic E-state index is 12.3. The molecule has 1 radical (unpaired) electrons. The van der Waals surface area contributed by atoms with E-state index in [1.54, 1.807) is 25.1 Å². The number of hydrogen-bond acceptors (Lipinski definition) is 1. The Hall–Kier alpha value is -0.880. The van der Waals surface area contributed by atoms with Gasteiger partial charge in [0.2, 0.25) is 0 Å². The van der Waals surface area contributed by atoms with Crippen molar-refractivity contribution < 1.29 is 4.39 Å². The molecule has 0 fully saturated rings. The summed E-state index contributed by atoms with van der Waals surface area (Å²) in [6.45, 7) is 1.22. The Bertz CT molecular complexity index is 343. The molecule has 3 heteroatoms. The van der Waals surface area contributed by atoms with E-state index in [2.05, 4.69) is 15.9 Å². The topological polar surface area (TPSA) is 23.8 Å². The predicted molar refractivity (Wildman–Crippen MR) is 52.9 cm³/mol. The molecule has 0 atom stereocenters. The Labute approximate surface area is 85.3 Å². The maximum absolute atomic E-state index is 12.3. The van der Waals surface area contributed by atoms with Crippen LogP contribution in [-0.4, -0.2) is 6.67 Å². The lowest BCUT2D eigenvalue weighted by Crippen LogP contribution is -1.98. The van der Waals surface area contributed by atoms with Crippen molar-refractivity contribution in [1.29, 1.82) is 5.26 Å². The molecule has 0 N–H and O–H groups in total. The Morgan fingerprint density at radius 2 is 2.31 bits per heavy atom. The SMILES string of the molecule is C[C](CF)c1cccc(C#N)c1Br. The molecule has 0 aliphatic rings. The lowest BCUT2D eigenvalue weighted by molar-refractivity contribution is 0.515. The van der Waals surface area contributed by atoms with Gasteiger partial charge in [-0.25, -0.2) is 0 Å². The average Bonchev–Trinajstić information content (AvgIpc) is 2.17. The monoisotopic (exact) mass is 240 g/mol. The van der Waals surface area contributed by atoms with E-state index in [9.17, 15) is 4.39 Å². The first kappa shape index (κ1) is 10.2. The van der Waals surface area contributed by atoms with Crippen molar-refractivity contribution in [2.24, 2.45) is 0 Å². The quantitative estimate of drug-likeness (QED) is 0.779. The van der Waals surface area contributed by atoms with E-state index in [0.717, 1.165) is 5.56 Å². The van der Waals surface area contributed by atoms with Gasteiger partial charge in [-0.2, -0.15) is 5.26 Å². The number of nitriles is 1. The molecule has 0 saturated heterocycles. The molecule has 1 aromatic carbocycles. The van der Waals surface area contributed by atoms with Gasteiger partial charge in [0.25, 0.3) is 0 Å². The Morgan fingerprint density at radius 3 is 2.85 bits per heavy atom. The van der Waals surface area contributed by atoms with Crippen LogP contribution in [0, 0.1) is 17.2 Å². The summed E-state index contributed by atoms with van der Waals surface area (Å²) in [5.41, 5.74) is 1.30. The fraction of sp³-hybridized carbons (Fsp3) is 0.200. The highest BCUT2D eigenvalue weighted by Gasteiger charge is 2.11. The first-order valence-corrected chi connectivity index (χ1v) is 4.57. The molecule has 0 spiro atoms. The van der Waals surface area contributed by atoms with E-state index in [-0.39, 0.29) is 0 Å². The molecular weight excluding hydrogens is 233 g/mol. The first-order valence-electron chi connectivity index (χ1n) is 3.78. The minimum Gasteiger partial charge on any atom is -0.250 e.